The number of benzene rings is 2. The van der Waals surface area contributed by atoms with E-state index in [0.717, 1.165) is 29.0 Å². The quantitative estimate of drug-likeness (QED) is 0.697. The fourth-order valence-corrected chi connectivity index (χ4v) is 2.68. The van der Waals surface area contributed by atoms with Gasteiger partial charge < -0.3 is 20.3 Å². The van der Waals surface area contributed by atoms with Crippen LogP contribution in [0.2, 0.25) is 0 Å². The van der Waals surface area contributed by atoms with Crippen LogP contribution in [0.1, 0.15) is 27.0 Å². The maximum atomic E-state index is 12.2. The summed E-state index contributed by atoms with van der Waals surface area (Å²) in [5, 5.41) is 5.46. The molecule has 0 bridgehead atoms. The largest absolute Gasteiger partial charge is 0.492 e. The van der Waals surface area contributed by atoms with Crippen LogP contribution < -0.4 is 15.4 Å². The van der Waals surface area contributed by atoms with Crippen molar-refractivity contribution in [2.24, 2.45) is 0 Å². The van der Waals surface area contributed by atoms with Gasteiger partial charge in [-0.05, 0) is 57.8 Å². The molecule has 2 aromatic rings. The number of ether oxygens (including phenoxy) is 1. The molecule has 6 nitrogen and oxygen atoms in total. The van der Waals surface area contributed by atoms with Crippen molar-refractivity contribution in [3.63, 3.8) is 0 Å². The van der Waals surface area contributed by atoms with Crippen LogP contribution in [0, 0.1) is 13.8 Å². The van der Waals surface area contributed by atoms with Crippen molar-refractivity contribution >= 4 is 11.8 Å². The van der Waals surface area contributed by atoms with E-state index in [1.165, 1.54) is 0 Å². The van der Waals surface area contributed by atoms with Crippen LogP contribution in [0.25, 0.3) is 0 Å². The predicted molar refractivity (Wildman–Crippen MR) is 111 cm³/mol. The van der Waals surface area contributed by atoms with Gasteiger partial charge in [-0.15, -0.1) is 0 Å². The van der Waals surface area contributed by atoms with E-state index >= 15 is 0 Å². The van der Waals surface area contributed by atoms with Crippen molar-refractivity contribution in [3.05, 3.63) is 64.7 Å². The van der Waals surface area contributed by atoms with Crippen molar-refractivity contribution in [1.82, 2.24) is 15.5 Å². The zero-order valence-electron chi connectivity index (χ0n) is 17.0. The number of carbonyl (C=O) groups excluding carboxylic acids is 2. The van der Waals surface area contributed by atoms with Gasteiger partial charge in [0.1, 0.15) is 12.4 Å². The highest BCUT2D eigenvalue weighted by Gasteiger charge is 2.09. The van der Waals surface area contributed by atoms with Crippen LogP contribution >= 0.6 is 0 Å². The van der Waals surface area contributed by atoms with Gasteiger partial charge in [0.15, 0.2) is 0 Å². The number of likely N-dealkylation sites (N-methyl/N-ethyl adjacent to an activating group) is 1. The van der Waals surface area contributed by atoms with E-state index in [4.69, 9.17) is 4.74 Å². The van der Waals surface area contributed by atoms with E-state index in [1.54, 1.807) is 0 Å². The molecule has 28 heavy (non-hydrogen) atoms. The van der Waals surface area contributed by atoms with E-state index in [9.17, 15) is 9.59 Å². The molecule has 2 rings (SSSR count). The average Bonchev–Trinajstić information content (AvgIpc) is 2.64. The van der Waals surface area contributed by atoms with E-state index in [-0.39, 0.29) is 18.4 Å². The third kappa shape index (κ3) is 7.40. The summed E-state index contributed by atoms with van der Waals surface area (Å²) in [7, 11) is 4.00. The Morgan fingerprint density at radius 2 is 1.61 bits per heavy atom. The first-order valence-electron chi connectivity index (χ1n) is 9.33. The van der Waals surface area contributed by atoms with Gasteiger partial charge in [-0.25, -0.2) is 0 Å². The molecular formula is C22H29N3O3. The SMILES string of the molecule is Cc1cc(C)cc(C(=O)NCC(=O)NCc2ccc(OCCN(C)C)cc2)c1. The Morgan fingerprint density at radius 3 is 2.21 bits per heavy atom. The molecule has 0 atom stereocenters. The third-order valence-electron chi connectivity index (χ3n) is 4.11. The van der Waals surface area contributed by atoms with Gasteiger partial charge in [0.2, 0.25) is 5.91 Å². The van der Waals surface area contributed by atoms with Gasteiger partial charge in [-0.2, -0.15) is 0 Å². The van der Waals surface area contributed by atoms with Crippen molar-refractivity contribution in [2.45, 2.75) is 20.4 Å². The predicted octanol–water partition coefficient (Wildman–Crippen LogP) is 2.29. The van der Waals surface area contributed by atoms with Gasteiger partial charge in [0.25, 0.3) is 5.91 Å². The molecular weight excluding hydrogens is 354 g/mol. The van der Waals surface area contributed by atoms with Crippen LogP contribution in [0.15, 0.2) is 42.5 Å². The van der Waals surface area contributed by atoms with E-state index in [2.05, 4.69) is 15.5 Å². The van der Waals surface area contributed by atoms with Crippen LogP contribution in [-0.2, 0) is 11.3 Å². The standard InChI is InChI=1S/C22H29N3O3/c1-16-11-17(2)13-19(12-16)22(27)24-15-21(26)23-14-18-5-7-20(8-6-18)28-10-9-25(3)4/h5-8,11-13H,9-10,14-15H2,1-4H3,(H,23,26)(H,24,27). The van der Waals surface area contributed by atoms with Gasteiger partial charge in [-0.1, -0.05) is 29.3 Å². The summed E-state index contributed by atoms with van der Waals surface area (Å²) in [6.07, 6.45) is 0. The highest BCUT2D eigenvalue weighted by molar-refractivity contribution is 5.96. The summed E-state index contributed by atoms with van der Waals surface area (Å²) in [4.78, 5) is 26.2. The number of rotatable bonds is 9. The Labute approximate surface area is 166 Å². The van der Waals surface area contributed by atoms with E-state index < -0.39 is 0 Å². The molecule has 0 saturated carbocycles. The second-order valence-electron chi connectivity index (χ2n) is 7.13. The summed E-state index contributed by atoms with van der Waals surface area (Å²) < 4.78 is 5.64. The van der Waals surface area contributed by atoms with Crippen molar-refractivity contribution in [2.75, 3.05) is 33.8 Å². The molecule has 0 aliphatic carbocycles. The number of nitrogens with zero attached hydrogens (tertiary/aromatic N) is 1. The van der Waals surface area contributed by atoms with Crippen LogP contribution in [-0.4, -0.2) is 50.5 Å². The maximum Gasteiger partial charge on any atom is 0.251 e. The fraction of sp³-hybridized carbons (Fsp3) is 0.364. The Balaban J connectivity index is 1.74. The van der Waals surface area contributed by atoms with E-state index in [0.29, 0.717) is 18.7 Å². The Bertz CT molecular complexity index is 781. The lowest BCUT2D eigenvalue weighted by Gasteiger charge is -2.11. The highest BCUT2D eigenvalue weighted by atomic mass is 16.5. The van der Waals surface area contributed by atoms with Gasteiger partial charge >= 0.3 is 0 Å². The number of amides is 2. The van der Waals surface area contributed by atoms with Gasteiger partial charge in [0.05, 0.1) is 6.54 Å². The lowest BCUT2D eigenvalue weighted by Crippen LogP contribution is -2.36. The van der Waals surface area contributed by atoms with Crippen LogP contribution in [0.3, 0.4) is 0 Å². The molecule has 0 radical (unpaired) electrons. The first-order valence-corrected chi connectivity index (χ1v) is 9.33. The van der Waals surface area contributed by atoms with Crippen molar-refractivity contribution < 1.29 is 14.3 Å². The smallest absolute Gasteiger partial charge is 0.251 e. The molecule has 150 valence electrons. The van der Waals surface area contributed by atoms with Gasteiger partial charge in [0, 0.05) is 18.7 Å². The van der Waals surface area contributed by atoms with Gasteiger partial charge in [-0.3, -0.25) is 9.59 Å². The maximum absolute atomic E-state index is 12.2. The number of nitrogens with one attached hydrogen (secondary N) is 2. The van der Waals surface area contributed by atoms with E-state index in [1.807, 2.05) is 70.4 Å². The molecule has 2 aromatic carbocycles. The molecule has 2 N–H and O–H groups in total. The lowest BCUT2D eigenvalue weighted by atomic mass is 10.1. The number of aryl methyl sites for hydroxylation is 2. The zero-order valence-corrected chi connectivity index (χ0v) is 17.0. The molecule has 0 aromatic heterocycles. The summed E-state index contributed by atoms with van der Waals surface area (Å²) in [5.74, 6) is 0.322. The number of carbonyl (C=O) groups is 2. The molecule has 6 heteroatoms. The molecule has 0 fully saturated rings. The average molecular weight is 383 g/mol. The Kier molecular flexibility index (Phi) is 8.02. The molecule has 0 aliphatic rings. The minimum Gasteiger partial charge on any atom is -0.492 e. The highest BCUT2D eigenvalue weighted by Crippen LogP contribution is 2.12. The normalized spacial score (nSPS) is 10.6. The zero-order chi connectivity index (χ0) is 20.5. The first kappa shape index (κ1) is 21.4. The summed E-state index contributed by atoms with van der Waals surface area (Å²) in [6, 6.07) is 13.2. The molecule has 0 aliphatic heterocycles. The molecule has 0 spiro atoms. The summed E-state index contributed by atoms with van der Waals surface area (Å²) in [6.45, 7) is 5.70. The van der Waals surface area contributed by atoms with Crippen molar-refractivity contribution in [3.8, 4) is 5.75 Å². The topological polar surface area (TPSA) is 70.7 Å². The monoisotopic (exact) mass is 383 g/mol. The first-order chi connectivity index (χ1) is 13.3. The minimum atomic E-state index is -0.249. The number of hydrogen-bond acceptors (Lipinski definition) is 4. The summed E-state index contributed by atoms with van der Waals surface area (Å²) >= 11 is 0. The third-order valence-corrected chi connectivity index (χ3v) is 4.11. The molecule has 2 amide bonds. The Hall–Kier alpha value is -2.86. The second kappa shape index (κ2) is 10.5. The minimum absolute atomic E-state index is 0.0580. The van der Waals surface area contributed by atoms with Crippen LogP contribution in [0.4, 0.5) is 0 Å². The molecule has 0 heterocycles. The van der Waals surface area contributed by atoms with Crippen molar-refractivity contribution in [1.29, 1.82) is 0 Å². The lowest BCUT2D eigenvalue weighted by molar-refractivity contribution is -0.120. The molecule has 0 unspecified atom stereocenters. The number of hydrogen-bond donors (Lipinski definition) is 2. The fourth-order valence-electron chi connectivity index (χ4n) is 2.68. The molecule has 0 saturated heterocycles. The van der Waals surface area contributed by atoms with Crippen LogP contribution in [0.5, 0.6) is 5.75 Å². The second-order valence-corrected chi connectivity index (χ2v) is 7.13. The Morgan fingerprint density at radius 1 is 0.964 bits per heavy atom. The summed E-state index contributed by atoms with van der Waals surface area (Å²) in [5.41, 5.74) is 3.57.